The molecule has 2 atom stereocenters. The van der Waals surface area contributed by atoms with Crippen LogP contribution in [0.25, 0.3) is 0 Å². The van der Waals surface area contributed by atoms with E-state index in [-0.39, 0.29) is 23.3 Å². The Morgan fingerprint density at radius 1 is 1.23 bits per heavy atom. The van der Waals surface area contributed by atoms with Crippen LogP contribution in [0.4, 0.5) is 0 Å². The third kappa shape index (κ3) is 3.02. The fourth-order valence-corrected chi connectivity index (χ4v) is 5.04. The molecule has 26 heavy (non-hydrogen) atoms. The predicted octanol–water partition coefficient (Wildman–Crippen LogP) is 0.961. The molecular formula is C19H29N5O2. The van der Waals surface area contributed by atoms with Gasteiger partial charge in [-0.05, 0) is 39.2 Å². The fraction of sp³-hybridized carbons (Fsp3) is 0.737. The van der Waals surface area contributed by atoms with Crippen molar-refractivity contribution in [1.82, 2.24) is 25.3 Å². The van der Waals surface area contributed by atoms with Crippen LogP contribution < -0.4 is 5.32 Å². The van der Waals surface area contributed by atoms with Crippen molar-refractivity contribution in [2.24, 2.45) is 5.92 Å². The topological polar surface area (TPSA) is 81.3 Å². The summed E-state index contributed by atoms with van der Waals surface area (Å²) in [6.07, 6.45) is 6.29. The summed E-state index contributed by atoms with van der Waals surface area (Å²) in [7, 11) is 2.11. The zero-order valence-corrected chi connectivity index (χ0v) is 15.8. The van der Waals surface area contributed by atoms with Crippen LogP contribution in [0.1, 0.15) is 54.4 Å². The van der Waals surface area contributed by atoms with Crippen molar-refractivity contribution in [3.8, 4) is 0 Å². The van der Waals surface area contributed by atoms with E-state index in [0.29, 0.717) is 18.8 Å². The van der Waals surface area contributed by atoms with Crippen molar-refractivity contribution in [2.75, 3.05) is 33.2 Å². The number of carbonyl (C=O) groups excluding carboxylic acids is 2. The SMILES string of the molecule is CC(=O)N[C@@]12CCN(C)C[C@@H]1CN(C(=O)c1n[nH]c3c1CCCCC3)C2. The highest BCUT2D eigenvalue weighted by atomic mass is 16.2. The lowest BCUT2D eigenvalue weighted by Gasteiger charge is -2.42. The maximum Gasteiger partial charge on any atom is 0.274 e. The van der Waals surface area contributed by atoms with Gasteiger partial charge in [-0.3, -0.25) is 14.7 Å². The van der Waals surface area contributed by atoms with Crippen molar-refractivity contribution in [3.63, 3.8) is 0 Å². The first-order chi connectivity index (χ1) is 12.5. The number of carbonyl (C=O) groups is 2. The summed E-state index contributed by atoms with van der Waals surface area (Å²) >= 11 is 0. The highest BCUT2D eigenvalue weighted by molar-refractivity contribution is 5.94. The minimum Gasteiger partial charge on any atom is -0.349 e. The largest absolute Gasteiger partial charge is 0.349 e. The third-order valence-corrected chi connectivity index (χ3v) is 6.39. The second-order valence-electron chi connectivity index (χ2n) is 8.32. The minimum absolute atomic E-state index is 0.0116. The number of fused-ring (bicyclic) bond motifs is 2. The Morgan fingerprint density at radius 3 is 2.85 bits per heavy atom. The standard InChI is InChI=1S/C19H29N5O2/c1-13(25)20-19-8-9-23(2)10-14(19)11-24(12-19)18(26)17-15-6-4-3-5-7-16(15)21-22-17/h14H,3-12H2,1-2H3,(H,20,25)(H,21,22)/t14-,19-/m1/s1. The summed E-state index contributed by atoms with van der Waals surface area (Å²) < 4.78 is 0. The van der Waals surface area contributed by atoms with E-state index in [2.05, 4.69) is 27.5 Å². The first-order valence-corrected chi connectivity index (χ1v) is 9.81. The summed E-state index contributed by atoms with van der Waals surface area (Å²) in [5, 5.41) is 10.7. The van der Waals surface area contributed by atoms with Crippen molar-refractivity contribution in [3.05, 3.63) is 17.0 Å². The van der Waals surface area contributed by atoms with E-state index in [1.807, 2.05) is 4.90 Å². The zero-order chi connectivity index (χ0) is 18.3. The monoisotopic (exact) mass is 359 g/mol. The number of nitrogens with zero attached hydrogens (tertiary/aromatic N) is 3. The van der Waals surface area contributed by atoms with Gasteiger partial charge in [0.05, 0.1) is 5.54 Å². The van der Waals surface area contributed by atoms with Crippen LogP contribution >= 0.6 is 0 Å². The van der Waals surface area contributed by atoms with Crippen LogP contribution in [-0.2, 0) is 17.6 Å². The van der Waals surface area contributed by atoms with Crippen LogP contribution in [0.5, 0.6) is 0 Å². The molecule has 0 unspecified atom stereocenters. The summed E-state index contributed by atoms with van der Waals surface area (Å²) in [6.45, 7) is 4.69. The van der Waals surface area contributed by atoms with E-state index in [9.17, 15) is 9.59 Å². The van der Waals surface area contributed by atoms with Gasteiger partial charge in [0.2, 0.25) is 5.91 Å². The maximum atomic E-state index is 13.3. The number of nitrogens with one attached hydrogen (secondary N) is 2. The van der Waals surface area contributed by atoms with E-state index in [0.717, 1.165) is 56.5 Å². The van der Waals surface area contributed by atoms with Gasteiger partial charge in [0.25, 0.3) is 5.91 Å². The molecule has 2 saturated heterocycles. The van der Waals surface area contributed by atoms with Crippen molar-refractivity contribution in [1.29, 1.82) is 0 Å². The van der Waals surface area contributed by atoms with Crippen molar-refractivity contribution >= 4 is 11.8 Å². The van der Waals surface area contributed by atoms with Crippen molar-refractivity contribution < 1.29 is 9.59 Å². The molecule has 4 rings (SSSR count). The molecule has 0 radical (unpaired) electrons. The second-order valence-corrected chi connectivity index (χ2v) is 8.32. The van der Waals surface area contributed by atoms with Gasteiger partial charge in [0.15, 0.2) is 5.69 Å². The number of hydrogen-bond acceptors (Lipinski definition) is 4. The Balaban J connectivity index is 1.58. The molecule has 2 fully saturated rings. The van der Waals surface area contributed by atoms with Crippen LogP contribution in [0.15, 0.2) is 0 Å². The Hall–Kier alpha value is -1.89. The molecule has 3 aliphatic rings. The van der Waals surface area contributed by atoms with E-state index in [1.54, 1.807) is 6.92 Å². The predicted molar refractivity (Wildman–Crippen MR) is 97.9 cm³/mol. The molecule has 2 N–H and O–H groups in total. The van der Waals surface area contributed by atoms with Gasteiger partial charge in [-0.25, -0.2) is 0 Å². The normalized spacial score (nSPS) is 29.0. The van der Waals surface area contributed by atoms with Crippen molar-refractivity contribution in [2.45, 2.75) is 51.0 Å². The molecule has 0 saturated carbocycles. The van der Waals surface area contributed by atoms with Gasteiger partial charge in [0, 0.05) is 50.3 Å². The molecule has 0 bridgehead atoms. The average molecular weight is 359 g/mol. The molecular weight excluding hydrogens is 330 g/mol. The summed E-state index contributed by atoms with van der Waals surface area (Å²) in [4.78, 5) is 29.3. The Kier molecular flexibility index (Phi) is 4.50. The quantitative estimate of drug-likeness (QED) is 0.771. The molecule has 7 heteroatoms. The van der Waals surface area contributed by atoms with E-state index >= 15 is 0 Å². The highest BCUT2D eigenvalue weighted by Gasteiger charge is 2.51. The molecule has 2 amide bonds. The van der Waals surface area contributed by atoms with Gasteiger partial charge < -0.3 is 15.1 Å². The van der Waals surface area contributed by atoms with Crippen LogP contribution in [0.2, 0.25) is 0 Å². The lowest BCUT2D eigenvalue weighted by atomic mass is 9.80. The number of hydrogen-bond donors (Lipinski definition) is 2. The first kappa shape index (κ1) is 17.5. The Morgan fingerprint density at radius 2 is 2.04 bits per heavy atom. The number of amides is 2. The molecule has 3 heterocycles. The van der Waals surface area contributed by atoms with Gasteiger partial charge >= 0.3 is 0 Å². The van der Waals surface area contributed by atoms with Gasteiger partial charge in [-0.15, -0.1) is 0 Å². The third-order valence-electron chi connectivity index (χ3n) is 6.39. The molecule has 7 nitrogen and oxygen atoms in total. The Labute approximate surface area is 154 Å². The number of likely N-dealkylation sites (tertiary alicyclic amines) is 2. The molecule has 0 aromatic carbocycles. The summed E-state index contributed by atoms with van der Waals surface area (Å²) in [6, 6.07) is 0. The van der Waals surface area contributed by atoms with Crippen LogP contribution in [-0.4, -0.2) is 70.6 Å². The van der Waals surface area contributed by atoms with E-state index in [4.69, 9.17) is 0 Å². The molecule has 1 aliphatic carbocycles. The minimum atomic E-state index is -0.290. The maximum absolute atomic E-state index is 13.3. The number of aryl methyl sites for hydroxylation is 1. The molecule has 1 aromatic heterocycles. The lowest BCUT2D eigenvalue weighted by molar-refractivity contribution is -0.121. The van der Waals surface area contributed by atoms with Gasteiger partial charge in [-0.1, -0.05) is 6.42 Å². The molecule has 1 aromatic rings. The van der Waals surface area contributed by atoms with Gasteiger partial charge in [0.1, 0.15) is 0 Å². The molecule has 0 spiro atoms. The number of rotatable bonds is 2. The van der Waals surface area contributed by atoms with Gasteiger partial charge in [-0.2, -0.15) is 5.10 Å². The molecule has 142 valence electrons. The summed E-state index contributed by atoms with van der Waals surface area (Å²) in [5.74, 6) is 0.278. The van der Waals surface area contributed by atoms with Crippen LogP contribution in [0.3, 0.4) is 0 Å². The van der Waals surface area contributed by atoms with E-state index < -0.39 is 0 Å². The number of piperidine rings is 1. The number of aromatic amines is 1. The second kappa shape index (κ2) is 6.68. The Bertz CT molecular complexity index is 715. The van der Waals surface area contributed by atoms with E-state index in [1.165, 1.54) is 6.42 Å². The summed E-state index contributed by atoms with van der Waals surface area (Å²) in [5.41, 5.74) is 2.57. The zero-order valence-electron chi connectivity index (χ0n) is 15.8. The number of H-pyrrole nitrogens is 1. The highest BCUT2D eigenvalue weighted by Crippen LogP contribution is 2.36. The molecule has 2 aliphatic heterocycles. The van der Waals surface area contributed by atoms with Crippen LogP contribution in [0, 0.1) is 5.92 Å². The smallest absolute Gasteiger partial charge is 0.274 e. The number of aromatic nitrogens is 2. The first-order valence-electron chi connectivity index (χ1n) is 9.81. The fourth-order valence-electron chi connectivity index (χ4n) is 5.04. The lowest BCUT2D eigenvalue weighted by Crippen LogP contribution is -2.60. The average Bonchev–Trinajstić information content (AvgIpc) is 3.07.